The van der Waals surface area contributed by atoms with Crippen molar-refractivity contribution < 1.29 is 4.74 Å². The molecular formula is C28H26NOP. The lowest BCUT2D eigenvalue weighted by Gasteiger charge is -2.23. The Hall–Kier alpha value is -3.22. The van der Waals surface area contributed by atoms with Gasteiger partial charge in [-0.05, 0) is 48.5 Å². The van der Waals surface area contributed by atoms with Gasteiger partial charge in [-0.25, -0.2) is 0 Å². The summed E-state index contributed by atoms with van der Waals surface area (Å²) in [5, 5.41) is 4.04. The molecule has 0 radical (unpaired) electrons. The van der Waals surface area contributed by atoms with E-state index < -0.39 is 7.92 Å². The first-order valence-corrected chi connectivity index (χ1v) is 11.8. The lowest BCUT2D eigenvalue weighted by Crippen LogP contribution is -2.23. The van der Waals surface area contributed by atoms with E-state index >= 15 is 0 Å². The Morgan fingerprint density at radius 2 is 1.26 bits per heavy atom. The van der Waals surface area contributed by atoms with Crippen molar-refractivity contribution in [2.24, 2.45) is 4.99 Å². The molecule has 0 aromatic heterocycles. The monoisotopic (exact) mass is 423 g/mol. The summed E-state index contributed by atoms with van der Waals surface area (Å²) in [6.45, 7) is 2.16. The smallest absolute Gasteiger partial charge is 0.127 e. The van der Waals surface area contributed by atoms with Gasteiger partial charge in [0.25, 0.3) is 0 Å². The van der Waals surface area contributed by atoms with Gasteiger partial charge in [-0.15, -0.1) is 0 Å². The van der Waals surface area contributed by atoms with E-state index in [1.54, 1.807) is 7.11 Å². The van der Waals surface area contributed by atoms with Crippen molar-refractivity contribution >= 4 is 30.0 Å². The molecule has 0 heterocycles. The Morgan fingerprint density at radius 3 is 1.90 bits per heavy atom. The Kier molecular flexibility index (Phi) is 6.92. The highest BCUT2D eigenvalue weighted by Crippen LogP contribution is 2.36. The summed E-state index contributed by atoms with van der Waals surface area (Å²) in [5.74, 6) is 0.836. The van der Waals surface area contributed by atoms with Crippen LogP contribution < -0.4 is 20.7 Å². The summed E-state index contributed by atoms with van der Waals surface area (Å²) in [6, 6.07) is 38.3. The van der Waals surface area contributed by atoms with E-state index in [4.69, 9.17) is 9.73 Å². The molecule has 4 aromatic rings. The van der Waals surface area contributed by atoms with Crippen LogP contribution in [0.15, 0.2) is 114 Å². The maximum atomic E-state index is 5.47. The average molecular weight is 423 g/mol. The van der Waals surface area contributed by atoms with Gasteiger partial charge in [-0.3, -0.25) is 4.99 Å². The number of aliphatic imine (C=N–C) groups is 1. The second kappa shape index (κ2) is 10.2. The van der Waals surface area contributed by atoms with Gasteiger partial charge in [-0.1, -0.05) is 97.1 Å². The summed E-state index contributed by atoms with van der Waals surface area (Å²) >= 11 is 0. The summed E-state index contributed by atoms with van der Waals surface area (Å²) in [6.07, 6.45) is 1.92. The maximum absolute atomic E-state index is 5.47. The summed E-state index contributed by atoms with van der Waals surface area (Å²) in [7, 11) is 1.02. The van der Waals surface area contributed by atoms with Crippen LogP contribution in [0.3, 0.4) is 0 Å². The fraction of sp³-hybridized carbons (Fsp3) is 0.107. The SMILES string of the molecule is COc1ccccc1C=N[C@@H](C)c1ccccc1P(c1ccccc1)c1ccccc1. The fourth-order valence-electron chi connectivity index (χ4n) is 3.67. The van der Waals surface area contributed by atoms with Crippen molar-refractivity contribution in [3.05, 3.63) is 120 Å². The number of methoxy groups -OCH3 is 1. The van der Waals surface area contributed by atoms with Gasteiger partial charge in [0.05, 0.1) is 13.2 Å². The van der Waals surface area contributed by atoms with Crippen molar-refractivity contribution in [1.82, 2.24) is 0 Å². The van der Waals surface area contributed by atoms with E-state index in [9.17, 15) is 0 Å². The van der Waals surface area contributed by atoms with E-state index in [-0.39, 0.29) is 6.04 Å². The van der Waals surface area contributed by atoms with E-state index in [0.29, 0.717) is 0 Å². The Bertz CT molecular complexity index is 1100. The minimum absolute atomic E-state index is 0.0264. The van der Waals surface area contributed by atoms with E-state index in [1.165, 1.54) is 21.5 Å². The quantitative estimate of drug-likeness (QED) is 0.279. The van der Waals surface area contributed by atoms with Crippen molar-refractivity contribution in [3.63, 3.8) is 0 Å². The molecule has 0 aliphatic heterocycles. The van der Waals surface area contributed by atoms with Crippen LogP contribution in [0.4, 0.5) is 0 Å². The van der Waals surface area contributed by atoms with Crippen LogP contribution in [0, 0.1) is 0 Å². The van der Waals surface area contributed by atoms with Crippen molar-refractivity contribution in [1.29, 1.82) is 0 Å². The largest absolute Gasteiger partial charge is 0.496 e. The number of benzene rings is 4. The van der Waals surface area contributed by atoms with Crippen molar-refractivity contribution in [2.75, 3.05) is 7.11 Å². The molecule has 2 nitrogen and oxygen atoms in total. The van der Waals surface area contributed by atoms with Crippen LogP contribution in [-0.2, 0) is 0 Å². The number of para-hydroxylation sites is 1. The fourth-order valence-corrected chi connectivity index (χ4v) is 6.22. The standard InChI is InChI=1S/C28H26NOP/c1-22(29-21-23-13-9-11-19-27(23)30-2)26-18-10-12-20-28(26)31(24-14-5-3-6-15-24)25-16-7-4-8-17-25/h3-22H,1-2H3/t22-/m0/s1. The molecule has 1 atom stereocenters. The molecular weight excluding hydrogens is 397 g/mol. The van der Waals surface area contributed by atoms with Crippen molar-refractivity contribution in [2.45, 2.75) is 13.0 Å². The molecule has 0 amide bonds. The van der Waals surface area contributed by atoms with Crippen LogP contribution in [0.5, 0.6) is 5.75 Å². The predicted molar refractivity (Wildman–Crippen MR) is 134 cm³/mol. The molecule has 0 saturated heterocycles. The van der Waals surface area contributed by atoms with Gasteiger partial charge >= 0.3 is 0 Å². The minimum Gasteiger partial charge on any atom is -0.496 e. The highest BCUT2D eigenvalue weighted by atomic mass is 31.1. The summed E-state index contributed by atoms with van der Waals surface area (Å²) < 4.78 is 5.47. The molecule has 0 bridgehead atoms. The molecule has 4 aromatic carbocycles. The van der Waals surface area contributed by atoms with Gasteiger partial charge in [-0.2, -0.15) is 0 Å². The van der Waals surface area contributed by atoms with Crippen LogP contribution in [0.25, 0.3) is 0 Å². The molecule has 0 aliphatic carbocycles. The molecule has 3 heteroatoms. The van der Waals surface area contributed by atoms with Gasteiger partial charge in [0.15, 0.2) is 0 Å². The Balaban J connectivity index is 1.75. The average Bonchev–Trinajstić information content (AvgIpc) is 2.84. The molecule has 31 heavy (non-hydrogen) atoms. The normalized spacial score (nSPS) is 12.2. The number of ether oxygens (including phenoxy) is 1. The third-order valence-electron chi connectivity index (χ3n) is 5.23. The molecule has 0 fully saturated rings. The van der Waals surface area contributed by atoms with E-state index in [2.05, 4.69) is 91.9 Å². The van der Waals surface area contributed by atoms with Gasteiger partial charge in [0, 0.05) is 11.8 Å². The van der Waals surface area contributed by atoms with Crippen LogP contribution >= 0.6 is 7.92 Å². The first-order valence-electron chi connectivity index (χ1n) is 10.4. The highest BCUT2D eigenvalue weighted by Gasteiger charge is 2.21. The Morgan fingerprint density at radius 1 is 0.710 bits per heavy atom. The van der Waals surface area contributed by atoms with E-state index in [1.807, 2.05) is 30.5 Å². The maximum Gasteiger partial charge on any atom is 0.127 e. The zero-order valence-corrected chi connectivity index (χ0v) is 18.7. The zero-order valence-electron chi connectivity index (χ0n) is 17.8. The van der Waals surface area contributed by atoms with Gasteiger partial charge < -0.3 is 4.74 Å². The molecule has 0 saturated carbocycles. The lowest BCUT2D eigenvalue weighted by molar-refractivity contribution is 0.414. The van der Waals surface area contributed by atoms with Crippen LogP contribution in [0.2, 0.25) is 0 Å². The summed E-state index contributed by atoms with van der Waals surface area (Å²) in [4.78, 5) is 4.91. The van der Waals surface area contributed by atoms with Crippen LogP contribution in [-0.4, -0.2) is 13.3 Å². The second-order valence-electron chi connectivity index (χ2n) is 7.26. The van der Waals surface area contributed by atoms with Gasteiger partial charge in [0.2, 0.25) is 0 Å². The number of nitrogens with zero attached hydrogens (tertiary/aromatic N) is 1. The molecule has 4 rings (SSSR count). The number of rotatable bonds is 7. The molecule has 0 aliphatic rings. The topological polar surface area (TPSA) is 21.6 Å². The van der Waals surface area contributed by atoms with Gasteiger partial charge in [0.1, 0.15) is 5.75 Å². The molecule has 0 spiro atoms. The first kappa shape index (κ1) is 21.0. The third-order valence-corrected chi connectivity index (χ3v) is 7.75. The lowest BCUT2D eigenvalue weighted by atomic mass is 10.1. The van der Waals surface area contributed by atoms with E-state index in [0.717, 1.165) is 11.3 Å². The Labute approximate surface area is 186 Å². The second-order valence-corrected chi connectivity index (χ2v) is 9.45. The molecule has 154 valence electrons. The molecule has 0 N–H and O–H groups in total. The highest BCUT2D eigenvalue weighted by molar-refractivity contribution is 7.79. The third kappa shape index (κ3) is 4.93. The first-order chi connectivity index (χ1) is 15.3. The number of hydrogen-bond acceptors (Lipinski definition) is 2. The molecule has 0 unspecified atom stereocenters. The van der Waals surface area contributed by atoms with Crippen LogP contribution in [0.1, 0.15) is 24.1 Å². The summed E-state index contributed by atoms with van der Waals surface area (Å²) in [5.41, 5.74) is 2.25. The predicted octanol–water partition coefficient (Wildman–Crippen LogP) is 5.63. The minimum atomic E-state index is -0.672. The zero-order chi connectivity index (χ0) is 21.5. The number of hydrogen-bond donors (Lipinski definition) is 0. The van der Waals surface area contributed by atoms with Crippen molar-refractivity contribution in [3.8, 4) is 5.75 Å².